The van der Waals surface area contributed by atoms with Gasteiger partial charge in [-0.15, -0.1) is 0 Å². The SMILES string of the molecule is CCCCCCC[CH2][Sn+].[SH-]. The summed E-state index contributed by atoms with van der Waals surface area (Å²) in [5.41, 5.74) is 0. The Bertz CT molecular complexity index is 42.5. The van der Waals surface area contributed by atoms with Crippen LogP contribution in [0.4, 0.5) is 0 Å². The van der Waals surface area contributed by atoms with Gasteiger partial charge >= 0.3 is 72.4 Å². The Hall–Kier alpha value is 1.15. The van der Waals surface area contributed by atoms with Crippen LogP contribution in [0.3, 0.4) is 0 Å². The summed E-state index contributed by atoms with van der Waals surface area (Å²) < 4.78 is 1.46. The molecule has 10 heavy (non-hydrogen) atoms. The summed E-state index contributed by atoms with van der Waals surface area (Å²) in [4.78, 5) is 0. The molecule has 60 valence electrons. The third kappa shape index (κ3) is 11.9. The van der Waals surface area contributed by atoms with Crippen molar-refractivity contribution in [2.45, 2.75) is 49.9 Å². The topological polar surface area (TPSA) is 0 Å². The molecule has 0 saturated heterocycles. The maximum atomic E-state index is 2.27. The first-order chi connectivity index (χ1) is 4.41. The van der Waals surface area contributed by atoms with Crippen LogP contribution >= 0.6 is 0 Å². The molecule has 2 heteroatoms. The van der Waals surface area contributed by atoms with Gasteiger partial charge in [-0.1, -0.05) is 0 Å². The molecule has 2 radical (unpaired) electrons. The Labute approximate surface area is 85.7 Å². The molecule has 0 aromatic heterocycles. The minimum absolute atomic E-state index is 0. The van der Waals surface area contributed by atoms with E-state index in [0.717, 1.165) is 0 Å². The zero-order valence-corrected chi connectivity index (χ0v) is 10.6. The van der Waals surface area contributed by atoms with Crippen molar-refractivity contribution >= 4 is 36.0 Å². The Morgan fingerprint density at radius 3 is 1.90 bits per heavy atom. The van der Waals surface area contributed by atoms with Crippen molar-refractivity contribution in [3.63, 3.8) is 0 Å². The fraction of sp³-hybridized carbons (Fsp3) is 1.00. The van der Waals surface area contributed by atoms with Crippen LogP contribution in [0.2, 0.25) is 4.44 Å². The molecule has 0 spiro atoms. The van der Waals surface area contributed by atoms with Crippen LogP contribution in [-0.2, 0) is 13.5 Å². The minimum atomic E-state index is 0. The molecule has 0 N–H and O–H groups in total. The van der Waals surface area contributed by atoms with Gasteiger partial charge in [-0.2, -0.15) is 0 Å². The maximum Gasteiger partial charge on any atom is -0.813 e. The molecule has 0 aliphatic heterocycles. The fourth-order valence-corrected chi connectivity index (χ4v) is 1.62. The van der Waals surface area contributed by atoms with Crippen molar-refractivity contribution in [2.24, 2.45) is 0 Å². The standard InChI is InChI=1S/C8H17.H2S.Sn/c1-3-5-7-8-6-4-2;;/h1,3-8H2,2H3;1H2;/q;;+1/p-1. The Kier molecular flexibility index (Phi) is 17.6. The van der Waals surface area contributed by atoms with Gasteiger partial charge in [-0.3, -0.25) is 0 Å². The van der Waals surface area contributed by atoms with Crippen molar-refractivity contribution < 1.29 is 0 Å². The van der Waals surface area contributed by atoms with Gasteiger partial charge in [-0.25, -0.2) is 0 Å². The van der Waals surface area contributed by atoms with Crippen LogP contribution in [0, 0.1) is 0 Å². The van der Waals surface area contributed by atoms with Crippen LogP contribution < -0.4 is 0 Å². The molecule has 0 heterocycles. The van der Waals surface area contributed by atoms with E-state index >= 15 is 0 Å². The zero-order chi connectivity index (χ0) is 6.95. The van der Waals surface area contributed by atoms with E-state index in [2.05, 4.69) is 6.92 Å². The van der Waals surface area contributed by atoms with Crippen LogP contribution in [0.15, 0.2) is 0 Å². The van der Waals surface area contributed by atoms with Gasteiger partial charge in [0.2, 0.25) is 0 Å². The smallest absolute Gasteiger partial charge is 0.813 e. The second-order valence-electron chi connectivity index (χ2n) is 2.52. The van der Waals surface area contributed by atoms with E-state index in [1.54, 1.807) is 22.5 Å². The van der Waals surface area contributed by atoms with E-state index < -0.39 is 0 Å². The summed E-state index contributed by atoms with van der Waals surface area (Å²) in [7, 11) is 0. The predicted octanol–water partition coefficient (Wildman–Crippen LogP) is 2.66. The predicted molar refractivity (Wildman–Crippen MR) is 52.7 cm³/mol. The molecular weight excluding hydrogens is 247 g/mol. The van der Waals surface area contributed by atoms with E-state index in [1.165, 1.54) is 43.0 Å². The third-order valence-corrected chi connectivity index (χ3v) is 2.54. The van der Waals surface area contributed by atoms with Gasteiger partial charge in [0.15, 0.2) is 0 Å². The fourth-order valence-electron chi connectivity index (χ4n) is 0.905. The second kappa shape index (κ2) is 12.8. The minimum Gasteiger partial charge on any atom is -0.813 e. The largest absolute Gasteiger partial charge is 0.813 e. The molecule has 0 aliphatic rings. The molecule has 0 nitrogen and oxygen atoms in total. The zero-order valence-electron chi connectivity index (χ0n) is 6.90. The van der Waals surface area contributed by atoms with E-state index in [1.807, 2.05) is 0 Å². The van der Waals surface area contributed by atoms with Gasteiger partial charge in [0, 0.05) is 0 Å². The van der Waals surface area contributed by atoms with Crippen LogP contribution in [-0.4, -0.2) is 22.5 Å². The monoisotopic (exact) mass is 266 g/mol. The third-order valence-electron chi connectivity index (χ3n) is 1.53. The van der Waals surface area contributed by atoms with E-state index in [0.29, 0.717) is 0 Å². The molecule has 0 fully saturated rings. The molecule has 0 amide bonds. The van der Waals surface area contributed by atoms with Gasteiger partial charge in [0.25, 0.3) is 0 Å². The molecule has 0 atom stereocenters. The summed E-state index contributed by atoms with van der Waals surface area (Å²) in [6.45, 7) is 2.27. The normalized spacial score (nSPS) is 8.90. The summed E-state index contributed by atoms with van der Waals surface area (Å²) >= 11 is 1.71. The maximum absolute atomic E-state index is 2.27. The molecule has 0 aromatic carbocycles. The molecule has 0 unspecified atom stereocenters. The number of hydrogen-bond acceptors (Lipinski definition) is 1. The number of rotatable bonds is 6. The summed E-state index contributed by atoms with van der Waals surface area (Å²) in [6.07, 6.45) is 8.71. The van der Waals surface area contributed by atoms with E-state index in [-0.39, 0.29) is 13.5 Å². The average Bonchev–Trinajstić information content (AvgIpc) is 1.89. The summed E-state index contributed by atoms with van der Waals surface area (Å²) in [6, 6.07) is 0. The van der Waals surface area contributed by atoms with Gasteiger partial charge < -0.3 is 13.5 Å². The summed E-state index contributed by atoms with van der Waals surface area (Å²) in [5, 5.41) is 0. The van der Waals surface area contributed by atoms with Crippen molar-refractivity contribution in [2.75, 3.05) is 0 Å². The summed E-state index contributed by atoms with van der Waals surface area (Å²) in [5.74, 6) is 0. The Morgan fingerprint density at radius 1 is 0.900 bits per heavy atom. The average molecular weight is 265 g/mol. The Balaban J connectivity index is 0. The Morgan fingerprint density at radius 2 is 1.40 bits per heavy atom. The van der Waals surface area contributed by atoms with Crippen LogP contribution in [0.25, 0.3) is 0 Å². The molecule has 0 aromatic rings. The first kappa shape index (κ1) is 13.7. The van der Waals surface area contributed by atoms with Gasteiger partial charge in [0.05, 0.1) is 0 Å². The number of thiol groups is 1. The van der Waals surface area contributed by atoms with Crippen LogP contribution in [0.1, 0.15) is 45.4 Å². The molecule has 0 rings (SSSR count). The van der Waals surface area contributed by atoms with E-state index in [4.69, 9.17) is 0 Å². The van der Waals surface area contributed by atoms with Crippen molar-refractivity contribution in [1.82, 2.24) is 0 Å². The van der Waals surface area contributed by atoms with Gasteiger partial charge in [-0.05, 0) is 0 Å². The molecule has 0 saturated carbocycles. The van der Waals surface area contributed by atoms with Crippen LogP contribution in [0.5, 0.6) is 0 Å². The molecule has 0 bridgehead atoms. The first-order valence-electron chi connectivity index (χ1n) is 4.06. The number of hydrogen-bond donors (Lipinski definition) is 0. The number of unbranched alkanes of at least 4 members (excludes halogenated alkanes) is 5. The quantitative estimate of drug-likeness (QED) is 0.308. The molecular formula is C8H18SSn. The first-order valence-corrected chi connectivity index (χ1v) is 6.08. The van der Waals surface area contributed by atoms with Crippen molar-refractivity contribution in [1.29, 1.82) is 0 Å². The molecule has 0 aliphatic carbocycles. The van der Waals surface area contributed by atoms with Gasteiger partial charge in [0.1, 0.15) is 0 Å². The van der Waals surface area contributed by atoms with E-state index in [9.17, 15) is 0 Å². The van der Waals surface area contributed by atoms with Crippen molar-refractivity contribution in [3.05, 3.63) is 0 Å². The second-order valence-corrected chi connectivity index (χ2v) is 3.94. The van der Waals surface area contributed by atoms with Crippen molar-refractivity contribution in [3.8, 4) is 0 Å².